The zero-order valence-electron chi connectivity index (χ0n) is 32.1. The number of rotatable bonds is 4. The van der Waals surface area contributed by atoms with Crippen molar-refractivity contribution in [2.45, 2.75) is 30.7 Å². The molecular formula is C42H29O23+. The van der Waals surface area contributed by atoms with Gasteiger partial charge in [0.05, 0.1) is 28.3 Å². The maximum absolute atomic E-state index is 14.4. The van der Waals surface area contributed by atoms with Gasteiger partial charge in [0.25, 0.3) is 5.75 Å². The topological polar surface area (TPSA) is 392 Å². The van der Waals surface area contributed by atoms with E-state index >= 15 is 0 Å². The first-order chi connectivity index (χ1) is 30.8. The summed E-state index contributed by atoms with van der Waals surface area (Å²) in [6.45, 7) is -0.943. The van der Waals surface area contributed by atoms with Gasteiger partial charge in [0.15, 0.2) is 64.2 Å². The number of hydrogen-bond acceptors (Lipinski definition) is 21. The largest absolute Gasteiger partial charge is 0.507 e. The second-order valence-electron chi connectivity index (χ2n) is 14.7. The van der Waals surface area contributed by atoms with Crippen molar-refractivity contribution in [3.05, 3.63) is 76.3 Å². The van der Waals surface area contributed by atoms with Crippen LogP contribution in [-0.4, -0.2) is 127 Å². The van der Waals surface area contributed by atoms with Gasteiger partial charge in [-0.05, 0) is 30.3 Å². The van der Waals surface area contributed by atoms with Gasteiger partial charge in [-0.3, -0.25) is 0 Å². The number of carboxylic acid groups (broad SMARTS) is 1. The van der Waals surface area contributed by atoms with E-state index in [4.69, 9.17) is 28.1 Å². The number of carbonyl (C=O) groups excluding carboxylic acids is 2. The second kappa shape index (κ2) is 14.7. The summed E-state index contributed by atoms with van der Waals surface area (Å²) in [7, 11) is 0. The molecule has 3 aliphatic heterocycles. The highest BCUT2D eigenvalue weighted by Crippen LogP contribution is 2.56. The molecule has 65 heavy (non-hydrogen) atoms. The molecule has 0 unspecified atom stereocenters. The Balaban J connectivity index is 1.37. The maximum atomic E-state index is 14.4. The van der Waals surface area contributed by atoms with Crippen molar-refractivity contribution < 1.29 is 114 Å². The fourth-order valence-electron chi connectivity index (χ4n) is 7.73. The van der Waals surface area contributed by atoms with E-state index in [0.29, 0.717) is 18.2 Å². The number of carboxylic acids is 1. The molecule has 1 saturated heterocycles. The van der Waals surface area contributed by atoms with E-state index in [0.717, 1.165) is 30.3 Å². The Morgan fingerprint density at radius 3 is 2.05 bits per heavy atom. The van der Waals surface area contributed by atoms with Crippen molar-refractivity contribution in [3.8, 4) is 80.1 Å². The highest BCUT2D eigenvalue weighted by atomic mass is 16.7. The van der Waals surface area contributed by atoms with Crippen LogP contribution >= 0.6 is 0 Å². The summed E-state index contributed by atoms with van der Waals surface area (Å²) in [5.41, 5.74) is -6.35. The Labute approximate surface area is 358 Å². The van der Waals surface area contributed by atoms with Crippen LogP contribution in [0.25, 0.3) is 44.6 Å². The lowest BCUT2D eigenvalue weighted by Crippen LogP contribution is -2.60. The average Bonchev–Trinajstić information content (AvgIpc) is 3.27. The van der Waals surface area contributed by atoms with Gasteiger partial charge in [0.2, 0.25) is 11.5 Å². The molecule has 0 saturated carbocycles. The number of aliphatic hydroxyl groups is 3. The number of aromatic hydroxyl groups is 10. The minimum absolute atomic E-state index is 0.199. The molecule has 334 valence electrons. The highest BCUT2D eigenvalue weighted by Gasteiger charge is 2.48. The number of aliphatic hydroxyl groups excluding tert-OH is 3. The Bertz CT molecular complexity index is 3160. The van der Waals surface area contributed by atoms with Gasteiger partial charge >= 0.3 is 29.1 Å². The molecule has 0 amide bonds. The van der Waals surface area contributed by atoms with Gasteiger partial charge in [0.1, 0.15) is 47.2 Å². The van der Waals surface area contributed by atoms with E-state index in [1.165, 1.54) is 0 Å². The summed E-state index contributed by atoms with van der Waals surface area (Å²) in [4.78, 5) is 40.9. The predicted octanol–water partition coefficient (Wildman–Crippen LogP) is 2.72. The molecule has 0 spiro atoms. The molecule has 1 fully saturated rings. The third-order valence-electron chi connectivity index (χ3n) is 10.8. The van der Waals surface area contributed by atoms with Crippen LogP contribution in [0.5, 0.6) is 69.0 Å². The van der Waals surface area contributed by atoms with Gasteiger partial charge in [-0.2, -0.15) is 0 Å². The van der Waals surface area contributed by atoms with Crippen LogP contribution in [0.1, 0.15) is 42.2 Å². The number of fused-ring (bicyclic) bond motifs is 6. The molecule has 23 heteroatoms. The molecule has 14 N–H and O–H groups in total. The van der Waals surface area contributed by atoms with E-state index < -0.39 is 174 Å². The summed E-state index contributed by atoms with van der Waals surface area (Å²) in [5.74, 6) is -17.9. The molecule has 23 nitrogen and oxygen atoms in total. The molecule has 0 aliphatic carbocycles. The Morgan fingerprint density at radius 1 is 0.677 bits per heavy atom. The zero-order valence-corrected chi connectivity index (χ0v) is 32.1. The van der Waals surface area contributed by atoms with E-state index in [1.54, 1.807) is 0 Å². The normalized spacial score (nSPS) is 20.4. The number of carbonyl (C=O) groups is 3. The molecular weight excluding hydrogens is 872 g/mol. The first kappa shape index (κ1) is 41.7. The molecule has 6 aromatic rings. The Morgan fingerprint density at radius 2 is 1.35 bits per heavy atom. The van der Waals surface area contributed by atoms with Crippen molar-refractivity contribution in [2.24, 2.45) is 0 Å². The Hall–Kier alpha value is -8.64. The Kier molecular flexibility index (Phi) is 9.45. The van der Waals surface area contributed by atoms with E-state index in [-0.39, 0.29) is 22.3 Å². The van der Waals surface area contributed by atoms with Crippen LogP contribution in [0.2, 0.25) is 0 Å². The number of hydrogen-bond donors (Lipinski definition) is 14. The van der Waals surface area contributed by atoms with Crippen molar-refractivity contribution in [2.75, 3.05) is 6.61 Å². The van der Waals surface area contributed by atoms with Gasteiger partial charge < -0.3 is 95.2 Å². The fraction of sp³-hybridized carbons (Fsp3) is 0.143. The van der Waals surface area contributed by atoms with Crippen LogP contribution in [0.3, 0.4) is 0 Å². The first-order valence-corrected chi connectivity index (χ1v) is 18.6. The molecule has 3 aliphatic rings. The number of esters is 2. The summed E-state index contributed by atoms with van der Waals surface area (Å²) in [5, 5.41) is 150. The maximum Gasteiger partial charge on any atom is 0.407 e. The molecule has 4 heterocycles. The lowest BCUT2D eigenvalue weighted by atomic mass is 9.91. The third kappa shape index (κ3) is 6.37. The van der Waals surface area contributed by atoms with Crippen LogP contribution < -0.4 is 9.47 Å². The lowest BCUT2D eigenvalue weighted by molar-refractivity contribution is -0.285. The standard InChI is InChI=1S/C42H28O23/c43-11-4-19-26-20(5-11)62-37-25(12(39(55)56)6-18(47)29(37)49)27(26)38(35(61-19)10-1-2-15(44)16(45)3-10)63-21-8-14-24(32(52)30(21)50)23-13(7-17(46)28(48)31(23)51)40(57)60-9-22-36(65-41(14)58)33(53)34(54)42(59)64-22/h1-8,22,33-34,36,42,53-54,59H,9H2,(H10-,43,44,45,46,47,48,49,50,51,52,55,56,57,58)/p+1/t22-,33-,34-,36-,42-/m1/s1. The third-order valence-corrected chi connectivity index (χ3v) is 10.8. The fourth-order valence-corrected chi connectivity index (χ4v) is 7.73. The molecule has 9 rings (SSSR count). The summed E-state index contributed by atoms with van der Waals surface area (Å²) in [6, 6.07) is 6.92. The molecule has 0 radical (unpaired) electrons. The van der Waals surface area contributed by atoms with E-state index in [9.17, 15) is 85.9 Å². The lowest BCUT2D eigenvalue weighted by Gasteiger charge is -2.39. The SMILES string of the molecule is O=C1OC[C@H]2O[C@@H](O)[C@H](O)[C@@H](O)[C@@H]2OC(=O)c2cc(OC3=C(c4ccc(O)c(O)c4)Oc4cc(O)cc5[o+]c6c(O)c(O)cc(C(=O)O)c6c3c45)c(O)c(O)c2-c2c1cc(O)c(O)c2O. The monoisotopic (exact) mass is 901 g/mol. The van der Waals surface area contributed by atoms with Crippen LogP contribution in [0.4, 0.5) is 0 Å². The minimum Gasteiger partial charge on any atom is -0.507 e. The second-order valence-corrected chi connectivity index (χ2v) is 14.7. The molecule has 1 aromatic heterocycles. The highest BCUT2D eigenvalue weighted by molar-refractivity contribution is 6.18. The van der Waals surface area contributed by atoms with Crippen molar-refractivity contribution in [1.29, 1.82) is 0 Å². The number of benzene rings is 5. The smallest absolute Gasteiger partial charge is 0.407 e. The zero-order chi connectivity index (χ0) is 46.7. The van der Waals surface area contributed by atoms with E-state index in [1.807, 2.05) is 0 Å². The van der Waals surface area contributed by atoms with Gasteiger partial charge in [-0.15, -0.1) is 0 Å². The van der Waals surface area contributed by atoms with Crippen LogP contribution in [-0.2, 0) is 14.2 Å². The predicted molar refractivity (Wildman–Crippen MR) is 211 cm³/mol. The minimum atomic E-state index is -2.16. The van der Waals surface area contributed by atoms with Crippen molar-refractivity contribution >= 4 is 51.4 Å². The number of phenolic OH excluding ortho intramolecular Hbond substituents is 10. The van der Waals surface area contributed by atoms with Gasteiger partial charge in [-0.1, -0.05) is 0 Å². The summed E-state index contributed by atoms with van der Waals surface area (Å²) >= 11 is 0. The van der Waals surface area contributed by atoms with Crippen molar-refractivity contribution in [1.82, 2.24) is 0 Å². The first-order valence-electron chi connectivity index (χ1n) is 18.6. The van der Waals surface area contributed by atoms with Crippen LogP contribution in [0.15, 0.2) is 52.9 Å². The number of cyclic esters (lactones) is 1. The number of aromatic carboxylic acids is 1. The van der Waals surface area contributed by atoms with Crippen LogP contribution in [0, 0.1) is 0 Å². The molecule has 0 bridgehead atoms. The summed E-state index contributed by atoms with van der Waals surface area (Å²) < 4.78 is 34.2. The quantitative estimate of drug-likeness (QED) is 0.0523. The molecule has 5 atom stereocenters. The number of phenols is 10. The number of ether oxygens (including phenoxy) is 5. The van der Waals surface area contributed by atoms with E-state index in [2.05, 4.69) is 0 Å². The summed E-state index contributed by atoms with van der Waals surface area (Å²) in [6.07, 6.45) is -10.2. The molecule has 5 aromatic carbocycles. The average molecular weight is 902 g/mol. The van der Waals surface area contributed by atoms with Crippen molar-refractivity contribution in [3.63, 3.8) is 0 Å². The van der Waals surface area contributed by atoms with Gasteiger partial charge in [0, 0.05) is 28.8 Å². The van der Waals surface area contributed by atoms with Gasteiger partial charge in [-0.25, -0.2) is 18.8 Å².